The Morgan fingerprint density at radius 3 is 1.67 bits per heavy atom. The molecule has 1 N–H and O–H groups in total. The molecule has 0 aliphatic carbocycles. The Morgan fingerprint density at radius 2 is 1.19 bits per heavy atom. The lowest BCUT2D eigenvalue weighted by Crippen LogP contribution is -2.06. The minimum atomic E-state index is -0.147. The monoisotopic (exact) mass is 298 g/mol. The number of hydrogen-bond acceptors (Lipinski definition) is 2. The first-order valence-electron chi connectivity index (χ1n) is 9.34. The third kappa shape index (κ3) is 17.6. The predicted octanol–water partition coefficient (Wildman–Crippen LogP) is 5.81. The molecule has 126 valence electrons. The summed E-state index contributed by atoms with van der Waals surface area (Å²) in [5, 5.41) is 9.85. The summed E-state index contributed by atoms with van der Waals surface area (Å²) in [5.74, 6) is 0.263. The molecular weight excluding hydrogens is 260 g/mol. The van der Waals surface area contributed by atoms with Gasteiger partial charge in [0.05, 0.1) is 6.10 Å². The van der Waals surface area contributed by atoms with Crippen molar-refractivity contribution in [1.29, 1.82) is 0 Å². The molecule has 0 aromatic heterocycles. The number of aliphatic hydroxyl groups excluding tert-OH is 1. The Bertz CT molecular complexity index is 226. The molecule has 0 saturated heterocycles. The topological polar surface area (TPSA) is 37.3 Å². The molecule has 0 aromatic rings. The van der Waals surface area contributed by atoms with Gasteiger partial charge in [0.2, 0.25) is 0 Å². The van der Waals surface area contributed by atoms with E-state index >= 15 is 0 Å². The zero-order valence-electron chi connectivity index (χ0n) is 14.5. The van der Waals surface area contributed by atoms with E-state index in [4.69, 9.17) is 0 Å². The van der Waals surface area contributed by atoms with Crippen LogP contribution in [0.4, 0.5) is 0 Å². The number of hydrogen-bond donors (Lipinski definition) is 1. The zero-order valence-corrected chi connectivity index (χ0v) is 14.5. The molecule has 0 radical (unpaired) electrons. The summed E-state index contributed by atoms with van der Waals surface area (Å²) in [7, 11) is 0. The number of unbranched alkanes of at least 4 members (excludes halogenated alkanes) is 10. The average molecular weight is 299 g/mol. The van der Waals surface area contributed by atoms with Gasteiger partial charge >= 0.3 is 0 Å². The first-order valence-corrected chi connectivity index (χ1v) is 9.34. The van der Waals surface area contributed by atoms with E-state index in [0.717, 1.165) is 32.1 Å². The zero-order chi connectivity index (χ0) is 15.8. The van der Waals surface area contributed by atoms with E-state index in [1.54, 1.807) is 6.92 Å². The highest BCUT2D eigenvalue weighted by molar-refractivity contribution is 5.75. The SMILES string of the molecule is CCCCCCCCCCCCC(O)CCCCC(C)=O. The van der Waals surface area contributed by atoms with Crippen LogP contribution < -0.4 is 0 Å². The second-order valence-electron chi connectivity index (χ2n) is 6.57. The minimum absolute atomic E-state index is 0.147. The molecule has 0 bridgehead atoms. The van der Waals surface area contributed by atoms with Crippen molar-refractivity contribution in [2.45, 2.75) is 116 Å². The molecule has 2 heteroatoms. The van der Waals surface area contributed by atoms with Crippen LogP contribution >= 0.6 is 0 Å². The largest absolute Gasteiger partial charge is 0.393 e. The maximum atomic E-state index is 10.8. The highest BCUT2D eigenvalue weighted by atomic mass is 16.3. The molecule has 21 heavy (non-hydrogen) atoms. The number of aliphatic hydroxyl groups is 1. The number of ketones is 1. The van der Waals surface area contributed by atoms with Crippen LogP contribution in [0.2, 0.25) is 0 Å². The molecule has 0 aliphatic heterocycles. The molecule has 0 aromatic carbocycles. The van der Waals surface area contributed by atoms with Gasteiger partial charge in [0.25, 0.3) is 0 Å². The van der Waals surface area contributed by atoms with Gasteiger partial charge in [-0.2, -0.15) is 0 Å². The molecule has 0 spiro atoms. The van der Waals surface area contributed by atoms with E-state index in [1.165, 1.54) is 57.8 Å². The lowest BCUT2D eigenvalue weighted by molar-refractivity contribution is -0.117. The van der Waals surface area contributed by atoms with Crippen molar-refractivity contribution in [2.75, 3.05) is 0 Å². The fourth-order valence-corrected chi connectivity index (χ4v) is 2.77. The normalized spacial score (nSPS) is 12.5. The van der Waals surface area contributed by atoms with E-state index in [0.29, 0.717) is 6.42 Å². The summed E-state index contributed by atoms with van der Waals surface area (Å²) in [4.78, 5) is 10.8. The standard InChI is InChI=1S/C19H38O2/c1-3-4-5-6-7-8-9-10-11-12-16-19(21)17-14-13-15-18(2)20/h19,21H,3-17H2,1-2H3. The van der Waals surface area contributed by atoms with Gasteiger partial charge in [-0.3, -0.25) is 0 Å². The Labute approximate surface area is 132 Å². The van der Waals surface area contributed by atoms with E-state index in [2.05, 4.69) is 6.92 Å². The molecule has 2 nitrogen and oxygen atoms in total. The molecule has 0 fully saturated rings. The summed E-state index contributed by atoms with van der Waals surface area (Å²) < 4.78 is 0. The van der Waals surface area contributed by atoms with Gasteiger partial charge in [-0.25, -0.2) is 0 Å². The molecule has 0 saturated carbocycles. The van der Waals surface area contributed by atoms with E-state index in [1.807, 2.05) is 0 Å². The Hall–Kier alpha value is -0.370. The molecule has 1 atom stereocenters. The van der Waals surface area contributed by atoms with Crippen molar-refractivity contribution in [3.05, 3.63) is 0 Å². The third-order valence-corrected chi connectivity index (χ3v) is 4.21. The van der Waals surface area contributed by atoms with Crippen LogP contribution in [0.25, 0.3) is 0 Å². The van der Waals surface area contributed by atoms with Crippen molar-refractivity contribution >= 4 is 5.78 Å². The Kier molecular flexibility index (Phi) is 15.7. The van der Waals surface area contributed by atoms with Crippen LogP contribution in [0, 0.1) is 0 Å². The number of carbonyl (C=O) groups is 1. The van der Waals surface area contributed by atoms with Gasteiger partial charge in [-0.15, -0.1) is 0 Å². The summed E-state index contributed by atoms with van der Waals surface area (Å²) in [5.41, 5.74) is 0. The van der Waals surface area contributed by atoms with E-state index < -0.39 is 0 Å². The van der Waals surface area contributed by atoms with Crippen LogP contribution in [0.3, 0.4) is 0 Å². The van der Waals surface area contributed by atoms with Gasteiger partial charge in [0.1, 0.15) is 5.78 Å². The lowest BCUT2D eigenvalue weighted by Gasteiger charge is -2.09. The molecule has 0 heterocycles. The number of Topliss-reactive ketones (excluding diaryl/α,β-unsaturated/α-hetero) is 1. The molecule has 0 aliphatic rings. The van der Waals surface area contributed by atoms with Gasteiger partial charge in [0.15, 0.2) is 0 Å². The van der Waals surface area contributed by atoms with Crippen LogP contribution in [0.1, 0.15) is 110 Å². The number of rotatable bonds is 16. The second-order valence-corrected chi connectivity index (χ2v) is 6.57. The second kappa shape index (κ2) is 16.0. The first kappa shape index (κ1) is 20.6. The summed E-state index contributed by atoms with van der Waals surface area (Å²) >= 11 is 0. The molecule has 1 unspecified atom stereocenters. The molecular formula is C19H38O2. The summed E-state index contributed by atoms with van der Waals surface area (Å²) in [6.45, 7) is 3.90. The Morgan fingerprint density at radius 1 is 0.762 bits per heavy atom. The Balaban J connectivity index is 3.14. The van der Waals surface area contributed by atoms with E-state index in [9.17, 15) is 9.90 Å². The predicted molar refractivity (Wildman–Crippen MR) is 91.6 cm³/mol. The lowest BCUT2D eigenvalue weighted by atomic mass is 10.0. The van der Waals surface area contributed by atoms with E-state index in [-0.39, 0.29) is 11.9 Å². The van der Waals surface area contributed by atoms with Crippen molar-refractivity contribution in [3.8, 4) is 0 Å². The number of carbonyl (C=O) groups excluding carboxylic acids is 1. The van der Waals surface area contributed by atoms with Crippen molar-refractivity contribution in [2.24, 2.45) is 0 Å². The molecule has 0 rings (SSSR count). The third-order valence-electron chi connectivity index (χ3n) is 4.21. The maximum Gasteiger partial charge on any atom is 0.129 e. The summed E-state index contributed by atoms with van der Waals surface area (Å²) in [6.07, 6.45) is 17.7. The highest BCUT2D eigenvalue weighted by Gasteiger charge is 2.04. The average Bonchev–Trinajstić information content (AvgIpc) is 2.45. The summed E-state index contributed by atoms with van der Waals surface area (Å²) in [6, 6.07) is 0. The van der Waals surface area contributed by atoms with Crippen LogP contribution in [0.5, 0.6) is 0 Å². The van der Waals surface area contributed by atoms with Crippen LogP contribution in [-0.4, -0.2) is 17.0 Å². The van der Waals surface area contributed by atoms with Crippen LogP contribution in [-0.2, 0) is 4.79 Å². The quantitative estimate of drug-likeness (QED) is 0.365. The fourth-order valence-electron chi connectivity index (χ4n) is 2.77. The smallest absolute Gasteiger partial charge is 0.129 e. The van der Waals surface area contributed by atoms with Crippen LogP contribution in [0.15, 0.2) is 0 Å². The van der Waals surface area contributed by atoms with Crippen molar-refractivity contribution < 1.29 is 9.90 Å². The van der Waals surface area contributed by atoms with Gasteiger partial charge in [-0.05, 0) is 26.2 Å². The van der Waals surface area contributed by atoms with Crippen molar-refractivity contribution in [3.63, 3.8) is 0 Å². The van der Waals surface area contributed by atoms with Gasteiger partial charge in [-0.1, -0.05) is 77.6 Å². The molecule has 0 amide bonds. The highest BCUT2D eigenvalue weighted by Crippen LogP contribution is 2.14. The van der Waals surface area contributed by atoms with Gasteiger partial charge < -0.3 is 9.90 Å². The first-order chi connectivity index (χ1) is 10.2. The fraction of sp³-hybridized carbons (Fsp3) is 0.947. The van der Waals surface area contributed by atoms with Crippen molar-refractivity contribution in [1.82, 2.24) is 0 Å². The minimum Gasteiger partial charge on any atom is -0.393 e. The maximum absolute atomic E-state index is 10.8. The van der Waals surface area contributed by atoms with Gasteiger partial charge in [0, 0.05) is 6.42 Å².